The van der Waals surface area contributed by atoms with Gasteiger partial charge in [-0.25, -0.2) is 9.97 Å². The van der Waals surface area contributed by atoms with Crippen LogP contribution in [-0.4, -0.2) is 33.9 Å². The number of hydrogen-bond acceptors (Lipinski definition) is 5. The number of likely N-dealkylation sites (tertiary alicyclic amines) is 1. The fraction of sp³-hybridized carbons (Fsp3) is 0.350. The first-order valence-corrected chi connectivity index (χ1v) is 11.0. The lowest BCUT2D eigenvalue weighted by Crippen LogP contribution is -2.40. The molecule has 3 aromatic rings. The topological polar surface area (TPSA) is 46.1 Å². The number of alkyl halides is 3. The van der Waals surface area contributed by atoms with E-state index in [1.165, 1.54) is 23.5 Å². The molecule has 152 valence electrons. The van der Waals surface area contributed by atoms with Crippen molar-refractivity contribution in [2.75, 3.05) is 13.1 Å². The number of amides is 1. The molecule has 1 amide bonds. The van der Waals surface area contributed by atoms with E-state index in [4.69, 9.17) is 0 Å². The maximum atomic E-state index is 12.7. The Morgan fingerprint density at radius 3 is 2.69 bits per heavy atom. The van der Waals surface area contributed by atoms with E-state index in [9.17, 15) is 18.0 Å². The van der Waals surface area contributed by atoms with Crippen LogP contribution in [0.25, 0.3) is 10.6 Å². The molecule has 0 bridgehead atoms. The molecule has 2 aromatic heterocycles. The van der Waals surface area contributed by atoms with E-state index in [-0.39, 0.29) is 18.2 Å². The Morgan fingerprint density at radius 1 is 1.21 bits per heavy atom. The smallest absolute Gasteiger partial charge is 0.342 e. The average molecular weight is 438 g/mol. The summed E-state index contributed by atoms with van der Waals surface area (Å²) >= 11 is 2.95. The van der Waals surface area contributed by atoms with E-state index in [0.717, 1.165) is 36.5 Å². The molecule has 1 saturated heterocycles. The number of nitrogens with zero attached hydrogens (tertiary/aromatic N) is 3. The number of thiazole rings is 2. The third kappa shape index (κ3) is 4.67. The molecule has 4 rings (SSSR count). The lowest BCUT2D eigenvalue weighted by Gasteiger charge is -2.31. The van der Waals surface area contributed by atoms with E-state index in [2.05, 4.69) is 9.97 Å². The van der Waals surface area contributed by atoms with E-state index in [0.29, 0.717) is 22.8 Å². The van der Waals surface area contributed by atoms with Crippen molar-refractivity contribution in [2.24, 2.45) is 0 Å². The molecule has 3 heterocycles. The molecule has 1 atom stereocenters. The second kappa shape index (κ2) is 8.23. The molecule has 1 aliphatic heterocycles. The highest BCUT2D eigenvalue weighted by Crippen LogP contribution is 2.32. The highest BCUT2D eigenvalue weighted by atomic mass is 32.1. The third-order valence-electron chi connectivity index (χ3n) is 4.92. The van der Waals surface area contributed by atoms with Crippen molar-refractivity contribution in [3.05, 3.63) is 57.5 Å². The number of carbonyl (C=O) groups is 1. The first-order valence-electron chi connectivity index (χ1n) is 9.19. The second-order valence-corrected chi connectivity index (χ2v) is 8.73. The maximum absolute atomic E-state index is 12.7. The van der Waals surface area contributed by atoms with Gasteiger partial charge < -0.3 is 4.90 Å². The summed E-state index contributed by atoms with van der Waals surface area (Å²) in [5.41, 5.74) is 0.572. The molecule has 0 N–H and O–H groups in total. The molecule has 29 heavy (non-hydrogen) atoms. The van der Waals surface area contributed by atoms with Crippen LogP contribution < -0.4 is 0 Å². The molecule has 1 fully saturated rings. The summed E-state index contributed by atoms with van der Waals surface area (Å²) in [4.78, 5) is 23.4. The Hall–Kier alpha value is -2.26. The molecule has 1 unspecified atom stereocenters. The Morgan fingerprint density at radius 2 is 2.00 bits per heavy atom. The summed E-state index contributed by atoms with van der Waals surface area (Å²) in [5.74, 6) is 0.307. The van der Waals surface area contributed by atoms with Crippen molar-refractivity contribution in [2.45, 2.75) is 31.4 Å². The monoisotopic (exact) mass is 437 g/mol. The van der Waals surface area contributed by atoms with Crippen LogP contribution in [0.3, 0.4) is 0 Å². The van der Waals surface area contributed by atoms with Crippen molar-refractivity contribution in [3.8, 4) is 10.6 Å². The molecule has 1 aromatic carbocycles. The van der Waals surface area contributed by atoms with Crippen LogP contribution in [0, 0.1) is 0 Å². The first kappa shape index (κ1) is 20.0. The first-order chi connectivity index (χ1) is 13.9. The van der Waals surface area contributed by atoms with Gasteiger partial charge in [-0.2, -0.15) is 13.2 Å². The zero-order valence-electron chi connectivity index (χ0n) is 15.4. The Kier molecular flexibility index (Phi) is 5.69. The zero-order chi connectivity index (χ0) is 20.4. The van der Waals surface area contributed by atoms with Crippen LogP contribution >= 0.6 is 22.7 Å². The fourth-order valence-electron chi connectivity index (χ4n) is 3.43. The third-order valence-corrected chi connectivity index (χ3v) is 6.80. The number of benzene rings is 1. The van der Waals surface area contributed by atoms with E-state index in [1.807, 2.05) is 10.3 Å². The number of halogens is 3. The summed E-state index contributed by atoms with van der Waals surface area (Å²) in [5, 5.41) is 5.43. The Bertz CT molecular complexity index is 968. The van der Waals surface area contributed by atoms with Crippen molar-refractivity contribution < 1.29 is 18.0 Å². The SMILES string of the molecule is O=C(Cc1csc(-c2ccc(C(F)(F)F)cc2)n1)N1CCCC(c2nccs2)C1. The van der Waals surface area contributed by atoms with E-state index in [1.54, 1.807) is 22.9 Å². The zero-order valence-corrected chi connectivity index (χ0v) is 17.0. The van der Waals surface area contributed by atoms with Crippen molar-refractivity contribution in [3.63, 3.8) is 0 Å². The molecule has 4 nitrogen and oxygen atoms in total. The normalized spacial score (nSPS) is 17.5. The number of rotatable bonds is 4. The average Bonchev–Trinajstić information content (AvgIpc) is 3.40. The summed E-state index contributed by atoms with van der Waals surface area (Å²) in [6, 6.07) is 4.93. The molecule has 0 spiro atoms. The molecule has 0 saturated carbocycles. The molecule has 1 aliphatic rings. The van der Waals surface area contributed by atoms with Crippen molar-refractivity contribution >= 4 is 28.6 Å². The molecule has 0 radical (unpaired) electrons. The van der Waals surface area contributed by atoms with Gasteiger partial charge in [-0.1, -0.05) is 12.1 Å². The van der Waals surface area contributed by atoms with Gasteiger partial charge in [0.25, 0.3) is 0 Å². The lowest BCUT2D eigenvalue weighted by molar-refractivity contribution is -0.137. The Labute approximate surface area is 174 Å². The van der Waals surface area contributed by atoms with Crippen molar-refractivity contribution in [1.29, 1.82) is 0 Å². The summed E-state index contributed by atoms with van der Waals surface area (Å²) in [6.45, 7) is 1.40. The largest absolute Gasteiger partial charge is 0.416 e. The van der Waals surface area contributed by atoms with Gasteiger partial charge in [0.2, 0.25) is 5.91 Å². The van der Waals surface area contributed by atoms with Gasteiger partial charge in [0.1, 0.15) is 5.01 Å². The fourth-order valence-corrected chi connectivity index (χ4v) is 5.02. The van der Waals surface area contributed by atoms with Crippen molar-refractivity contribution in [1.82, 2.24) is 14.9 Å². The quantitative estimate of drug-likeness (QED) is 0.561. The van der Waals surface area contributed by atoms with Gasteiger partial charge in [0, 0.05) is 41.5 Å². The number of hydrogen-bond donors (Lipinski definition) is 0. The van der Waals surface area contributed by atoms with Gasteiger partial charge in [0.05, 0.1) is 22.7 Å². The maximum Gasteiger partial charge on any atom is 0.416 e. The van der Waals surface area contributed by atoms with Gasteiger partial charge in [-0.3, -0.25) is 4.79 Å². The standard InChI is InChI=1S/C20H18F3N3OS2/c21-20(22,23)15-5-3-13(4-6-15)19-25-16(12-29-19)10-17(27)26-8-1-2-14(11-26)18-24-7-9-28-18/h3-7,9,12,14H,1-2,8,10-11H2. The minimum absolute atomic E-state index is 0.0236. The number of piperidine rings is 1. The van der Waals surface area contributed by atoms with Crippen LogP contribution in [0.1, 0.15) is 35.0 Å². The van der Waals surface area contributed by atoms with Crippen LogP contribution in [-0.2, 0) is 17.4 Å². The minimum Gasteiger partial charge on any atom is -0.342 e. The summed E-state index contributed by atoms with van der Waals surface area (Å²) < 4.78 is 38.1. The van der Waals surface area contributed by atoms with E-state index < -0.39 is 11.7 Å². The minimum atomic E-state index is -4.36. The Balaban J connectivity index is 1.40. The van der Waals surface area contributed by atoms with Crippen LogP contribution in [0.2, 0.25) is 0 Å². The van der Waals surface area contributed by atoms with Crippen LogP contribution in [0.4, 0.5) is 13.2 Å². The van der Waals surface area contributed by atoms with Gasteiger partial charge in [-0.15, -0.1) is 22.7 Å². The van der Waals surface area contributed by atoms with Gasteiger partial charge >= 0.3 is 6.18 Å². The van der Waals surface area contributed by atoms with Gasteiger partial charge in [-0.05, 0) is 25.0 Å². The van der Waals surface area contributed by atoms with Gasteiger partial charge in [0.15, 0.2) is 0 Å². The molecular formula is C20H18F3N3OS2. The molecule has 9 heteroatoms. The summed E-state index contributed by atoms with van der Waals surface area (Å²) in [7, 11) is 0. The lowest BCUT2D eigenvalue weighted by atomic mass is 9.98. The molecule has 0 aliphatic carbocycles. The van der Waals surface area contributed by atoms with Crippen LogP contribution in [0.15, 0.2) is 41.2 Å². The number of aromatic nitrogens is 2. The predicted octanol–water partition coefficient (Wildman–Crippen LogP) is 5.23. The summed E-state index contributed by atoms with van der Waals surface area (Å²) in [6.07, 6.45) is -0.389. The molecular weight excluding hydrogens is 419 g/mol. The predicted molar refractivity (Wildman–Crippen MR) is 107 cm³/mol. The van der Waals surface area contributed by atoms with E-state index >= 15 is 0 Å². The second-order valence-electron chi connectivity index (χ2n) is 6.95. The number of carbonyl (C=O) groups excluding carboxylic acids is 1. The van der Waals surface area contributed by atoms with Crippen LogP contribution in [0.5, 0.6) is 0 Å². The highest BCUT2D eigenvalue weighted by Gasteiger charge is 2.30. The highest BCUT2D eigenvalue weighted by molar-refractivity contribution is 7.13.